The van der Waals surface area contributed by atoms with E-state index in [9.17, 15) is 4.57 Å². The lowest BCUT2D eigenvalue weighted by Gasteiger charge is -2.31. The third kappa shape index (κ3) is 6.53. The van der Waals surface area contributed by atoms with Crippen LogP contribution in [0.1, 0.15) is 34.6 Å². The van der Waals surface area contributed by atoms with Crippen LogP contribution in [0, 0.1) is 0 Å². The van der Waals surface area contributed by atoms with Crippen molar-refractivity contribution in [3.63, 3.8) is 0 Å². The average Bonchev–Trinajstić information content (AvgIpc) is 2.17. The third-order valence-corrected chi connectivity index (χ3v) is 4.30. The monoisotopic (exact) mass is 268 g/mol. The predicted molar refractivity (Wildman–Crippen MR) is 67.4 cm³/mol. The number of hydrogen-bond donors (Lipinski definition) is 0. The number of ether oxygens (including phenoxy) is 2. The fraction of sp³-hybridized carbons (Fsp3) is 1.00. The molecule has 5 nitrogen and oxygen atoms in total. The van der Waals surface area contributed by atoms with Crippen molar-refractivity contribution in [3.8, 4) is 0 Å². The van der Waals surface area contributed by atoms with Gasteiger partial charge in [-0.15, -0.1) is 0 Å². The maximum absolute atomic E-state index is 12.4. The molecule has 104 valence electrons. The van der Waals surface area contributed by atoms with Crippen LogP contribution in [-0.2, 0) is 23.1 Å². The summed E-state index contributed by atoms with van der Waals surface area (Å²) in [6, 6.07) is 0. The molecule has 0 saturated carbocycles. The van der Waals surface area contributed by atoms with Crippen molar-refractivity contribution in [1.29, 1.82) is 0 Å². The van der Waals surface area contributed by atoms with Gasteiger partial charge >= 0.3 is 7.60 Å². The molecule has 0 aromatic heterocycles. The first kappa shape index (κ1) is 17.1. The van der Waals surface area contributed by atoms with Crippen LogP contribution in [0.4, 0.5) is 0 Å². The van der Waals surface area contributed by atoms with Crippen molar-refractivity contribution in [2.75, 3.05) is 32.6 Å². The molecule has 0 unspecified atom stereocenters. The molecule has 17 heavy (non-hydrogen) atoms. The summed E-state index contributed by atoms with van der Waals surface area (Å²) in [5.41, 5.74) is 0. The maximum Gasteiger partial charge on any atom is 0.336 e. The summed E-state index contributed by atoms with van der Waals surface area (Å²) in [4.78, 5) is 0. The van der Waals surface area contributed by atoms with Gasteiger partial charge in [-0.05, 0) is 34.6 Å². The van der Waals surface area contributed by atoms with Crippen LogP contribution in [-0.4, -0.2) is 38.4 Å². The second-order valence-electron chi connectivity index (χ2n) is 3.60. The van der Waals surface area contributed by atoms with Crippen LogP contribution in [0.25, 0.3) is 0 Å². The maximum atomic E-state index is 12.4. The molecule has 0 rings (SSSR count). The molecule has 0 radical (unpaired) electrons. The van der Waals surface area contributed by atoms with E-state index in [1.54, 1.807) is 20.8 Å². The smallest absolute Gasteiger partial charge is 0.336 e. The largest absolute Gasteiger partial charge is 0.350 e. The molecule has 0 fully saturated rings. The fourth-order valence-electron chi connectivity index (χ4n) is 1.62. The Kier molecular flexibility index (Phi) is 8.25. The Morgan fingerprint density at radius 2 is 1.29 bits per heavy atom. The van der Waals surface area contributed by atoms with Crippen LogP contribution in [0.3, 0.4) is 0 Å². The van der Waals surface area contributed by atoms with E-state index in [2.05, 4.69) is 0 Å². The number of rotatable bonds is 10. The fourth-order valence-corrected chi connectivity index (χ4v) is 3.55. The molecule has 0 heterocycles. The van der Waals surface area contributed by atoms with Crippen molar-refractivity contribution >= 4 is 7.60 Å². The van der Waals surface area contributed by atoms with Gasteiger partial charge in [-0.2, -0.15) is 0 Å². The minimum Gasteiger partial charge on any atom is -0.350 e. The Labute approximate surface area is 104 Å². The first-order chi connectivity index (χ1) is 7.95. The molecule has 0 aliphatic heterocycles. The highest BCUT2D eigenvalue weighted by atomic mass is 31.2. The van der Waals surface area contributed by atoms with E-state index < -0.39 is 13.4 Å². The van der Waals surface area contributed by atoms with Crippen molar-refractivity contribution < 1.29 is 23.1 Å². The van der Waals surface area contributed by atoms with Gasteiger partial charge in [0.25, 0.3) is 0 Å². The van der Waals surface area contributed by atoms with Gasteiger partial charge in [0.05, 0.1) is 13.2 Å². The van der Waals surface area contributed by atoms with Crippen LogP contribution in [0.15, 0.2) is 0 Å². The normalized spacial score (nSPS) is 13.0. The lowest BCUT2D eigenvalue weighted by molar-refractivity contribution is -0.207. The summed E-state index contributed by atoms with van der Waals surface area (Å²) in [6.07, 6.45) is 0.101. The molecule has 0 bridgehead atoms. The highest BCUT2D eigenvalue weighted by Crippen LogP contribution is 2.51. The highest BCUT2D eigenvalue weighted by molar-refractivity contribution is 7.53. The van der Waals surface area contributed by atoms with E-state index in [1.165, 1.54) is 0 Å². The van der Waals surface area contributed by atoms with Crippen molar-refractivity contribution in [2.45, 2.75) is 40.4 Å². The molecule has 0 N–H and O–H groups in total. The van der Waals surface area contributed by atoms with Gasteiger partial charge in [-0.1, -0.05) is 0 Å². The second-order valence-corrected chi connectivity index (χ2v) is 5.66. The van der Waals surface area contributed by atoms with E-state index in [0.717, 1.165) is 0 Å². The zero-order valence-corrected chi connectivity index (χ0v) is 12.4. The molecule has 0 aromatic rings. The summed E-state index contributed by atoms with van der Waals surface area (Å²) in [7, 11) is -3.15. The second kappa shape index (κ2) is 8.22. The van der Waals surface area contributed by atoms with Gasteiger partial charge in [-0.3, -0.25) is 4.57 Å². The topological polar surface area (TPSA) is 54.0 Å². The standard InChI is InChI=1S/C11H25O5P/c1-6-13-11(5,14-7-2)10-17(12,15-8-3)16-9-4/h6-10H2,1-5H3. The van der Waals surface area contributed by atoms with Gasteiger partial charge in [0, 0.05) is 13.2 Å². The Balaban J connectivity index is 4.72. The van der Waals surface area contributed by atoms with E-state index >= 15 is 0 Å². The van der Waals surface area contributed by atoms with Gasteiger partial charge in [0.2, 0.25) is 0 Å². The van der Waals surface area contributed by atoms with Gasteiger partial charge < -0.3 is 18.5 Å². The Morgan fingerprint density at radius 1 is 0.882 bits per heavy atom. The van der Waals surface area contributed by atoms with Crippen LogP contribution < -0.4 is 0 Å². The first-order valence-corrected chi connectivity index (χ1v) is 7.84. The van der Waals surface area contributed by atoms with Crippen molar-refractivity contribution in [2.24, 2.45) is 0 Å². The summed E-state index contributed by atoms with van der Waals surface area (Å²) >= 11 is 0. The number of hydrogen-bond acceptors (Lipinski definition) is 5. The zero-order chi connectivity index (χ0) is 13.4. The van der Waals surface area contributed by atoms with E-state index in [1.807, 2.05) is 13.8 Å². The molecule has 0 atom stereocenters. The molecule has 0 aromatic carbocycles. The van der Waals surface area contributed by atoms with Gasteiger partial charge in [0.15, 0.2) is 5.79 Å². The quantitative estimate of drug-likeness (QED) is 0.450. The molecule has 0 aliphatic rings. The first-order valence-electron chi connectivity index (χ1n) is 6.11. The Bertz CT molecular complexity index is 228. The van der Waals surface area contributed by atoms with Crippen LogP contribution in [0.2, 0.25) is 0 Å². The summed E-state index contributed by atoms with van der Waals surface area (Å²) in [5, 5.41) is 0. The van der Waals surface area contributed by atoms with Gasteiger partial charge in [-0.25, -0.2) is 0 Å². The molecule has 6 heteroatoms. The Morgan fingerprint density at radius 3 is 1.59 bits per heavy atom. The van der Waals surface area contributed by atoms with E-state index in [0.29, 0.717) is 26.4 Å². The molecule has 0 saturated heterocycles. The summed E-state index contributed by atoms with van der Waals surface area (Å²) in [6.45, 7) is 10.7. The molecule has 0 aliphatic carbocycles. The van der Waals surface area contributed by atoms with Crippen LogP contribution in [0.5, 0.6) is 0 Å². The predicted octanol–water partition coefficient (Wildman–Crippen LogP) is 3.04. The summed E-state index contributed by atoms with van der Waals surface area (Å²) < 4.78 is 33.8. The highest BCUT2D eigenvalue weighted by Gasteiger charge is 2.38. The summed E-state index contributed by atoms with van der Waals surface area (Å²) in [5.74, 6) is -0.927. The van der Waals surface area contributed by atoms with Crippen molar-refractivity contribution in [1.82, 2.24) is 0 Å². The zero-order valence-electron chi connectivity index (χ0n) is 11.5. The molecular formula is C11H25O5P. The molecule has 0 amide bonds. The Hall–Kier alpha value is 0.0700. The van der Waals surface area contributed by atoms with Crippen LogP contribution >= 0.6 is 7.60 Å². The van der Waals surface area contributed by atoms with E-state index in [-0.39, 0.29) is 6.16 Å². The lowest BCUT2D eigenvalue weighted by Crippen LogP contribution is -2.37. The SMILES string of the molecule is CCOC(C)(CP(=O)(OCC)OCC)OCC. The van der Waals surface area contributed by atoms with Crippen molar-refractivity contribution in [3.05, 3.63) is 0 Å². The molecule has 0 spiro atoms. The molecular weight excluding hydrogens is 243 g/mol. The minimum absolute atomic E-state index is 0.101. The third-order valence-electron chi connectivity index (χ3n) is 2.03. The van der Waals surface area contributed by atoms with Gasteiger partial charge in [0.1, 0.15) is 6.16 Å². The van der Waals surface area contributed by atoms with E-state index in [4.69, 9.17) is 18.5 Å². The minimum atomic E-state index is -3.15. The average molecular weight is 268 g/mol. The lowest BCUT2D eigenvalue weighted by atomic mass is 10.4.